The standard InChI is InChI=1S/C15H20ClN3S/c1-10(2)5-7-19(11-3-4-11)9-13-17-14(16)12-6-8-20-15(12)18-13/h6,8,10-11H,3-5,7,9H2,1-2H3. The fourth-order valence-electron chi connectivity index (χ4n) is 2.37. The number of fused-ring (bicyclic) bond motifs is 1. The van der Waals surface area contributed by atoms with Crippen molar-refractivity contribution in [3.63, 3.8) is 0 Å². The van der Waals surface area contributed by atoms with Gasteiger partial charge in [0.1, 0.15) is 15.8 Å². The van der Waals surface area contributed by atoms with E-state index in [0.29, 0.717) is 5.15 Å². The molecule has 1 aliphatic rings. The lowest BCUT2D eigenvalue weighted by atomic mass is 10.1. The van der Waals surface area contributed by atoms with Crippen LogP contribution in [-0.2, 0) is 6.54 Å². The summed E-state index contributed by atoms with van der Waals surface area (Å²) in [5, 5.41) is 3.58. The van der Waals surface area contributed by atoms with Gasteiger partial charge >= 0.3 is 0 Å². The highest BCUT2D eigenvalue weighted by molar-refractivity contribution is 7.16. The van der Waals surface area contributed by atoms with E-state index in [9.17, 15) is 0 Å². The minimum absolute atomic E-state index is 0.589. The topological polar surface area (TPSA) is 29.0 Å². The Labute approximate surface area is 129 Å². The first-order valence-corrected chi connectivity index (χ1v) is 8.53. The van der Waals surface area contributed by atoms with Gasteiger partial charge in [-0.05, 0) is 43.2 Å². The van der Waals surface area contributed by atoms with Crippen molar-refractivity contribution in [2.24, 2.45) is 5.92 Å². The third-order valence-corrected chi connectivity index (χ3v) is 4.82. The van der Waals surface area contributed by atoms with Crippen LogP contribution in [0.2, 0.25) is 5.15 Å². The van der Waals surface area contributed by atoms with Crippen molar-refractivity contribution in [1.82, 2.24) is 14.9 Å². The van der Waals surface area contributed by atoms with Crippen molar-refractivity contribution in [3.8, 4) is 0 Å². The summed E-state index contributed by atoms with van der Waals surface area (Å²) in [5.74, 6) is 1.60. The minimum atomic E-state index is 0.589. The van der Waals surface area contributed by atoms with E-state index in [1.165, 1.54) is 19.3 Å². The van der Waals surface area contributed by atoms with Gasteiger partial charge in [-0.25, -0.2) is 9.97 Å². The summed E-state index contributed by atoms with van der Waals surface area (Å²) in [7, 11) is 0. The van der Waals surface area contributed by atoms with Crippen LogP contribution in [-0.4, -0.2) is 27.5 Å². The second-order valence-corrected chi connectivity index (χ2v) is 7.21. The van der Waals surface area contributed by atoms with Crippen LogP contribution in [0.5, 0.6) is 0 Å². The Morgan fingerprint density at radius 3 is 2.90 bits per heavy atom. The molecule has 1 saturated carbocycles. The number of nitrogens with zero attached hydrogens (tertiary/aromatic N) is 3. The van der Waals surface area contributed by atoms with Gasteiger partial charge in [0.15, 0.2) is 0 Å². The lowest BCUT2D eigenvalue weighted by Crippen LogP contribution is -2.28. The number of thiophene rings is 1. The normalized spacial score (nSPS) is 15.7. The van der Waals surface area contributed by atoms with Gasteiger partial charge in [0.05, 0.1) is 6.54 Å². The molecule has 20 heavy (non-hydrogen) atoms. The molecule has 0 aliphatic heterocycles. The molecule has 3 rings (SSSR count). The van der Waals surface area contributed by atoms with Crippen LogP contribution in [0.1, 0.15) is 38.9 Å². The van der Waals surface area contributed by atoms with Gasteiger partial charge in [0.25, 0.3) is 0 Å². The van der Waals surface area contributed by atoms with E-state index in [0.717, 1.165) is 41.1 Å². The zero-order valence-electron chi connectivity index (χ0n) is 12.0. The molecule has 0 spiro atoms. The number of hydrogen-bond acceptors (Lipinski definition) is 4. The first-order valence-electron chi connectivity index (χ1n) is 7.27. The molecule has 3 nitrogen and oxygen atoms in total. The first kappa shape index (κ1) is 14.2. The van der Waals surface area contributed by atoms with E-state index < -0.39 is 0 Å². The predicted octanol–water partition coefficient (Wildman–Crippen LogP) is 4.36. The van der Waals surface area contributed by atoms with E-state index in [-0.39, 0.29) is 0 Å². The van der Waals surface area contributed by atoms with Crippen LogP contribution in [0.3, 0.4) is 0 Å². The highest BCUT2D eigenvalue weighted by Crippen LogP contribution is 2.30. The third kappa shape index (κ3) is 3.30. The van der Waals surface area contributed by atoms with E-state index in [1.54, 1.807) is 11.3 Å². The van der Waals surface area contributed by atoms with Gasteiger partial charge in [-0.2, -0.15) is 0 Å². The summed E-state index contributed by atoms with van der Waals surface area (Å²) in [4.78, 5) is 12.6. The number of aromatic nitrogens is 2. The van der Waals surface area contributed by atoms with Crippen LogP contribution in [0.25, 0.3) is 10.2 Å². The van der Waals surface area contributed by atoms with Gasteiger partial charge in [0.2, 0.25) is 0 Å². The lowest BCUT2D eigenvalue weighted by Gasteiger charge is -2.22. The Kier molecular flexibility index (Phi) is 4.24. The van der Waals surface area contributed by atoms with Crippen molar-refractivity contribution in [2.75, 3.05) is 6.54 Å². The van der Waals surface area contributed by atoms with Crippen LogP contribution < -0.4 is 0 Å². The molecule has 108 valence electrons. The molecule has 5 heteroatoms. The maximum absolute atomic E-state index is 6.25. The van der Waals surface area contributed by atoms with E-state index in [4.69, 9.17) is 11.6 Å². The molecule has 0 amide bonds. The average Bonchev–Trinajstić information content (AvgIpc) is 3.12. The van der Waals surface area contributed by atoms with Gasteiger partial charge in [-0.1, -0.05) is 25.4 Å². The predicted molar refractivity (Wildman–Crippen MR) is 85.3 cm³/mol. The summed E-state index contributed by atoms with van der Waals surface area (Å²) >= 11 is 7.88. The van der Waals surface area contributed by atoms with E-state index >= 15 is 0 Å². The Morgan fingerprint density at radius 1 is 1.40 bits per heavy atom. The Hall–Kier alpha value is -0.710. The van der Waals surface area contributed by atoms with Crippen LogP contribution in [0, 0.1) is 5.92 Å². The molecule has 0 N–H and O–H groups in total. The number of hydrogen-bond donors (Lipinski definition) is 0. The molecule has 1 fully saturated rings. The van der Waals surface area contributed by atoms with Crippen LogP contribution >= 0.6 is 22.9 Å². The average molecular weight is 310 g/mol. The van der Waals surface area contributed by atoms with Crippen molar-refractivity contribution in [3.05, 3.63) is 22.4 Å². The maximum Gasteiger partial charge on any atom is 0.145 e. The molecular weight excluding hydrogens is 290 g/mol. The highest BCUT2D eigenvalue weighted by Gasteiger charge is 2.29. The molecule has 2 aromatic rings. The highest BCUT2D eigenvalue weighted by atomic mass is 35.5. The van der Waals surface area contributed by atoms with Crippen molar-refractivity contribution in [1.29, 1.82) is 0 Å². The number of rotatable bonds is 6. The fourth-order valence-corrected chi connectivity index (χ4v) is 3.46. The molecule has 2 aromatic heterocycles. The van der Waals surface area contributed by atoms with Crippen LogP contribution in [0.4, 0.5) is 0 Å². The van der Waals surface area contributed by atoms with Crippen LogP contribution in [0.15, 0.2) is 11.4 Å². The molecular formula is C15H20ClN3S. The molecule has 0 saturated heterocycles. The van der Waals surface area contributed by atoms with Gasteiger partial charge < -0.3 is 0 Å². The summed E-state index contributed by atoms with van der Waals surface area (Å²) in [6.07, 6.45) is 3.85. The smallest absolute Gasteiger partial charge is 0.145 e. The molecule has 0 atom stereocenters. The van der Waals surface area contributed by atoms with E-state index in [1.807, 2.05) is 11.4 Å². The molecule has 0 bridgehead atoms. The molecule has 0 aromatic carbocycles. The first-order chi connectivity index (χ1) is 9.63. The summed E-state index contributed by atoms with van der Waals surface area (Å²) < 4.78 is 0. The third-order valence-electron chi connectivity index (χ3n) is 3.73. The molecule has 2 heterocycles. The quantitative estimate of drug-likeness (QED) is 0.743. The monoisotopic (exact) mass is 309 g/mol. The second-order valence-electron chi connectivity index (χ2n) is 5.95. The zero-order chi connectivity index (χ0) is 14.1. The van der Waals surface area contributed by atoms with Crippen molar-refractivity contribution >= 4 is 33.2 Å². The van der Waals surface area contributed by atoms with Gasteiger partial charge in [-0.3, -0.25) is 4.90 Å². The fraction of sp³-hybridized carbons (Fsp3) is 0.600. The summed E-state index contributed by atoms with van der Waals surface area (Å²) in [6.45, 7) is 6.50. The number of halogens is 1. The van der Waals surface area contributed by atoms with Gasteiger partial charge in [-0.15, -0.1) is 11.3 Å². The summed E-state index contributed by atoms with van der Waals surface area (Å²) in [6, 6.07) is 2.72. The summed E-state index contributed by atoms with van der Waals surface area (Å²) in [5.41, 5.74) is 0. The van der Waals surface area contributed by atoms with Crippen molar-refractivity contribution in [2.45, 2.75) is 45.7 Å². The largest absolute Gasteiger partial charge is 0.293 e. The molecule has 0 radical (unpaired) electrons. The molecule has 1 aliphatic carbocycles. The Morgan fingerprint density at radius 2 is 2.20 bits per heavy atom. The SMILES string of the molecule is CC(C)CCN(Cc1nc(Cl)c2ccsc2n1)C1CC1. The zero-order valence-corrected chi connectivity index (χ0v) is 13.5. The minimum Gasteiger partial charge on any atom is -0.293 e. The van der Waals surface area contributed by atoms with Gasteiger partial charge in [0, 0.05) is 11.4 Å². The molecule has 0 unspecified atom stereocenters. The Bertz CT molecular complexity index is 592. The lowest BCUT2D eigenvalue weighted by molar-refractivity contribution is 0.234. The second kappa shape index (κ2) is 5.96. The Balaban J connectivity index is 1.75. The maximum atomic E-state index is 6.25. The van der Waals surface area contributed by atoms with E-state index in [2.05, 4.69) is 28.7 Å². The van der Waals surface area contributed by atoms with Crippen molar-refractivity contribution < 1.29 is 0 Å².